The van der Waals surface area contributed by atoms with E-state index in [1.54, 1.807) is 23.1 Å². The van der Waals surface area contributed by atoms with Gasteiger partial charge in [0.25, 0.3) is 5.56 Å². The van der Waals surface area contributed by atoms with Gasteiger partial charge in [0.15, 0.2) is 0 Å². The van der Waals surface area contributed by atoms with Gasteiger partial charge in [0.05, 0.1) is 10.6 Å². The molecule has 3 aromatic rings. The van der Waals surface area contributed by atoms with Crippen LogP contribution in [0.15, 0.2) is 34.0 Å². The van der Waals surface area contributed by atoms with E-state index in [0.717, 1.165) is 26.5 Å². The van der Waals surface area contributed by atoms with Gasteiger partial charge in [-0.15, -0.1) is 23.1 Å². The number of nitrogens with one attached hydrogen (secondary N) is 1. The van der Waals surface area contributed by atoms with E-state index >= 15 is 0 Å². The van der Waals surface area contributed by atoms with Gasteiger partial charge in [0, 0.05) is 9.77 Å². The van der Waals surface area contributed by atoms with Crippen LogP contribution in [0.3, 0.4) is 0 Å². The lowest BCUT2D eigenvalue weighted by molar-refractivity contribution is 0.925. The number of benzene rings is 1. The standard InChI is InChI=1S/C17H18N2OS2/c1-9-5-7-13(8-6-9)21-12(4)15-18-16(20)14-10(2)11(3)22-17(14)19-15/h5-8,12H,1-4H3,(H,18,19,20)/t12-/m0/s1. The molecule has 0 saturated heterocycles. The highest BCUT2D eigenvalue weighted by atomic mass is 32.2. The summed E-state index contributed by atoms with van der Waals surface area (Å²) in [5.74, 6) is 0.740. The second-order valence-electron chi connectivity index (χ2n) is 5.49. The van der Waals surface area contributed by atoms with Crippen LogP contribution in [-0.4, -0.2) is 9.97 Å². The monoisotopic (exact) mass is 330 g/mol. The first kappa shape index (κ1) is 15.3. The highest BCUT2D eigenvalue weighted by Crippen LogP contribution is 2.34. The summed E-state index contributed by atoms with van der Waals surface area (Å²) in [6.45, 7) is 8.16. The molecule has 0 aliphatic carbocycles. The van der Waals surface area contributed by atoms with Crippen LogP contribution in [0.2, 0.25) is 0 Å². The van der Waals surface area contributed by atoms with Crippen LogP contribution in [-0.2, 0) is 0 Å². The average molecular weight is 330 g/mol. The van der Waals surface area contributed by atoms with E-state index in [-0.39, 0.29) is 10.8 Å². The third kappa shape index (κ3) is 2.83. The average Bonchev–Trinajstić information content (AvgIpc) is 2.77. The van der Waals surface area contributed by atoms with Crippen LogP contribution in [0.5, 0.6) is 0 Å². The van der Waals surface area contributed by atoms with E-state index in [9.17, 15) is 4.79 Å². The number of thioether (sulfide) groups is 1. The number of nitrogens with zero attached hydrogens (tertiary/aromatic N) is 1. The summed E-state index contributed by atoms with van der Waals surface area (Å²) < 4.78 is 0. The molecule has 0 radical (unpaired) electrons. The number of aryl methyl sites for hydroxylation is 3. The molecule has 0 aliphatic heterocycles. The Bertz CT molecular complexity index is 878. The van der Waals surface area contributed by atoms with Crippen molar-refractivity contribution >= 4 is 33.3 Å². The van der Waals surface area contributed by atoms with Gasteiger partial charge in [-0.25, -0.2) is 4.98 Å². The Morgan fingerprint density at radius 2 is 1.86 bits per heavy atom. The fourth-order valence-electron chi connectivity index (χ4n) is 2.34. The van der Waals surface area contributed by atoms with Gasteiger partial charge in [0.1, 0.15) is 10.7 Å². The summed E-state index contributed by atoms with van der Waals surface area (Å²) in [5.41, 5.74) is 2.26. The molecule has 22 heavy (non-hydrogen) atoms. The lowest BCUT2D eigenvalue weighted by Crippen LogP contribution is -2.12. The molecule has 2 heterocycles. The minimum Gasteiger partial charge on any atom is -0.309 e. The number of hydrogen-bond acceptors (Lipinski definition) is 4. The van der Waals surface area contributed by atoms with Crippen molar-refractivity contribution < 1.29 is 0 Å². The molecule has 5 heteroatoms. The van der Waals surface area contributed by atoms with Gasteiger partial charge in [-0.05, 0) is 45.4 Å². The maximum Gasteiger partial charge on any atom is 0.259 e. The van der Waals surface area contributed by atoms with Crippen LogP contribution < -0.4 is 5.56 Å². The van der Waals surface area contributed by atoms with Gasteiger partial charge >= 0.3 is 0 Å². The summed E-state index contributed by atoms with van der Waals surface area (Å²) in [6, 6.07) is 8.40. The number of aromatic nitrogens is 2. The minimum absolute atomic E-state index is 0.0294. The van der Waals surface area contributed by atoms with Crippen molar-refractivity contribution in [2.24, 2.45) is 0 Å². The molecular weight excluding hydrogens is 312 g/mol. The molecule has 0 aliphatic rings. The van der Waals surface area contributed by atoms with Crippen LogP contribution >= 0.6 is 23.1 Å². The molecule has 2 aromatic heterocycles. The predicted octanol–water partition coefficient (Wildman–Crippen LogP) is 4.76. The fraction of sp³-hybridized carbons (Fsp3) is 0.294. The Balaban J connectivity index is 1.95. The number of fused-ring (bicyclic) bond motifs is 1. The van der Waals surface area contributed by atoms with E-state index in [1.807, 2.05) is 13.8 Å². The van der Waals surface area contributed by atoms with E-state index in [1.165, 1.54) is 10.5 Å². The van der Waals surface area contributed by atoms with Crippen LogP contribution in [0.1, 0.15) is 34.0 Å². The minimum atomic E-state index is -0.0294. The molecule has 0 fully saturated rings. The Morgan fingerprint density at radius 1 is 1.18 bits per heavy atom. The molecule has 3 rings (SSSR count). The normalized spacial score (nSPS) is 12.7. The molecule has 0 unspecified atom stereocenters. The number of aromatic amines is 1. The van der Waals surface area contributed by atoms with Crippen molar-refractivity contribution in [1.82, 2.24) is 9.97 Å². The number of H-pyrrole nitrogens is 1. The van der Waals surface area contributed by atoms with Crippen LogP contribution in [0.4, 0.5) is 0 Å². The maximum absolute atomic E-state index is 12.3. The van der Waals surface area contributed by atoms with Gasteiger partial charge < -0.3 is 4.98 Å². The second kappa shape index (κ2) is 5.89. The van der Waals surface area contributed by atoms with Crippen molar-refractivity contribution in [3.63, 3.8) is 0 Å². The van der Waals surface area contributed by atoms with E-state index in [4.69, 9.17) is 0 Å². The summed E-state index contributed by atoms with van der Waals surface area (Å²) in [4.78, 5) is 23.1. The number of hydrogen-bond donors (Lipinski definition) is 1. The topological polar surface area (TPSA) is 45.8 Å². The van der Waals surface area contributed by atoms with Crippen molar-refractivity contribution in [2.75, 3.05) is 0 Å². The molecule has 1 aromatic carbocycles. The highest BCUT2D eigenvalue weighted by Gasteiger charge is 2.16. The zero-order chi connectivity index (χ0) is 15.9. The summed E-state index contributed by atoms with van der Waals surface area (Å²) >= 11 is 3.30. The zero-order valence-electron chi connectivity index (χ0n) is 13.1. The van der Waals surface area contributed by atoms with E-state index in [0.29, 0.717) is 0 Å². The van der Waals surface area contributed by atoms with Crippen molar-refractivity contribution in [2.45, 2.75) is 37.8 Å². The summed E-state index contributed by atoms with van der Waals surface area (Å²) in [6.07, 6.45) is 0. The first-order chi connectivity index (χ1) is 10.5. The second-order valence-corrected chi connectivity index (χ2v) is 8.11. The highest BCUT2D eigenvalue weighted by molar-refractivity contribution is 7.99. The molecule has 0 amide bonds. The SMILES string of the molecule is Cc1ccc(S[C@@H](C)c2nc3sc(C)c(C)c3c(=O)[nH]2)cc1. The molecule has 0 saturated carbocycles. The summed E-state index contributed by atoms with van der Waals surface area (Å²) in [7, 11) is 0. The lowest BCUT2D eigenvalue weighted by atomic mass is 10.2. The van der Waals surface area contributed by atoms with Gasteiger partial charge in [0.2, 0.25) is 0 Å². The number of rotatable bonds is 3. The van der Waals surface area contributed by atoms with Gasteiger partial charge in [-0.3, -0.25) is 4.79 Å². The summed E-state index contributed by atoms with van der Waals surface area (Å²) in [5, 5.41) is 0.835. The zero-order valence-corrected chi connectivity index (χ0v) is 14.7. The molecule has 114 valence electrons. The molecule has 3 nitrogen and oxygen atoms in total. The lowest BCUT2D eigenvalue weighted by Gasteiger charge is -2.10. The van der Waals surface area contributed by atoms with Crippen LogP contribution in [0, 0.1) is 20.8 Å². The smallest absolute Gasteiger partial charge is 0.259 e. The van der Waals surface area contributed by atoms with Gasteiger partial charge in [-0.1, -0.05) is 17.7 Å². The maximum atomic E-state index is 12.3. The Kier molecular flexibility index (Phi) is 4.10. The first-order valence-corrected chi connectivity index (χ1v) is 8.88. The Hall–Kier alpha value is -1.59. The third-order valence-corrected chi connectivity index (χ3v) is 6.00. The van der Waals surface area contributed by atoms with E-state index < -0.39 is 0 Å². The quantitative estimate of drug-likeness (QED) is 0.704. The molecule has 0 spiro atoms. The molecule has 1 N–H and O–H groups in total. The number of thiophene rings is 1. The molecule has 1 atom stereocenters. The largest absolute Gasteiger partial charge is 0.309 e. The van der Waals surface area contributed by atoms with Crippen molar-refractivity contribution in [1.29, 1.82) is 0 Å². The Labute approximate surface area is 137 Å². The Morgan fingerprint density at radius 3 is 2.55 bits per heavy atom. The first-order valence-electron chi connectivity index (χ1n) is 7.19. The fourth-order valence-corrected chi connectivity index (χ4v) is 4.30. The van der Waals surface area contributed by atoms with Crippen molar-refractivity contribution in [3.05, 3.63) is 56.4 Å². The van der Waals surface area contributed by atoms with Crippen LogP contribution in [0.25, 0.3) is 10.2 Å². The van der Waals surface area contributed by atoms with E-state index in [2.05, 4.69) is 48.1 Å². The van der Waals surface area contributed by atoms with Crippen molar-refractivity contribution in [3.8, 4) is 0 Å². The molecule has 0 bridgehead atoms. The predicted molar refractivity (Wildman–Crippen MR) is 95.2 cm³/mol. The molecular formula is C17H18N2OS2. The van der Waals surface area contributed by atoms with Gasteiger partial charge in [-0.2, -0.15) is 0 Å². The third-order valence-electron chi connectivity index (χ3n) is 3.78.